The van der Waals surface area contributed by atoms with E-state index in [0.717, 1.165) is 17.0 Å². The molecule has 0 aliphatic rings. The number of nitrogens with two attached hydrogens (primary N) is 1. The zero-order valence-corrected chi connectivity index (χ0v) is 7.73. The van der Waals surface area contributed by atoms with Gasteiger partial charge in [0.2, 0.25) is 0 Å². The van der Waals surface area contributed by atoms with Crippen molar-refractivity contribution in [1.82, 2.24) is 14.6 Å². The van der Waals surface area contributed by atoms with Crippen LogP contribution in [0, 0.1) is 6.92 Å². The highest BCUT2D eigenvalue weighted by Gasteiger charge is 2.03. The van der Waals surface area contributed by atoms with Gasteiger partial charge in [0, 0.05) is 12.2 Å². The minimum absolute atomic E-state index is 0.0435. The Kier molecular flexibility index (Phi) is 1.77. The lowest BCUT2D eigenvalue weighted by Crippen LogP contribution is -2.05. The summed E-state index contributed by atoms with van der Waals surface area (Å²) < 4.78 is 1.75. The molecule has 0 amide bonds. The molecule has 4 heteroatoms. The molecule has 0 spiro atoms. The maximum absolute atomic E-state index is 5.75. The number of aryl methyl sites for hydroxylation is 1. The normalized spacial score (nSPS) is 13.5. The standard InChI is InChI=1S/C9H12N4/c1-6(10)8-3-4-13-9(5-8)11-7(2)12-13/h3-6H,10H2,1-2H3. The van der Waals surface area contributed by atoms with Crippen molar-refractivity contribution in [2.45, 2.75) is 19.9 Å². The molecule has 13 heavy (non-hydrogen) atoms. The largest absolute Gasteiger partial charge is 0.324 e. The van der Waals surface area contributed by atoms with Crippen molar-refractivity contribution in [2.24, 2.45) is 5.73 Å². The van der Waals surface area contributed by atoms with Gasteiger partial charge in [-0.15, -0.1) is 0 Å². The molecule has 2 aromatic rings. The number of fused-ring (bicyclic) bond motifs is 1. The molecule has 2 N–H and O–H groups in total. The van der Waals surface area contributed by atoms with Crippen molar-refractivity contribution in [2.75, 3.05) is 0 Å². The molecule has 0 radical (unpaired) electrons. The molecule has 0 saturated carbocycles. The van der Waals surface area contributed by atoms with E-state index < -0.39 is 0 Å². The molecule has 0 aliphatic carbocycles. The van der Waals surface area contributed by atoms with E-state index in [4.69, 9.17) is 5.73 Å². The van der Waals surface area contributed by atoms with Gasteiger partial charge < -0.3 is 5.73 Å². The Hall–Kier alpha value is -1.42. The Morgan fingerprint density at radius 3 is 3.00 bits per heavy atom. The lowest BCUT2D eigenvalue weighted by molar-refractivity contribution is 0.811. The Morgan fingerprint density at radius 2 is 2.31 bits per heavy atom. The molecule has 0 bridgehead atoms. The minimum atomic E-state index is 0.0435. The average molecular weight is 176 g/mol. The smallest absolute Gasteiger partial charge is 0.155 e. The third-order valence-electron chi connectivity index (χ3n) is 1.99. The van der Waals surface area contributed by atoms with Crippen molar-refractivity contribution < 1.29 is 0 Å². The third-order valence-corrected chi connectivity index (χ3v) is 1.99. The monoisotopic (exact) mass is 176 g/mol. The molecule has 2 rings (SSSR count). The second-order valence-electron chi connectivity index (χ2n) is 3.21. The average Bonchev–Trinajstić information content (AvgIpc) is 2.42. The first kappa shape index (κ1) is 8.19. The van der Waals surface area contributed by atoms with Crippen molar-refractivity contribution in [1.29, 1.82) is 0 Å². The molecule has 2 aromatic heterocycles. The molecule has 68 valence electrons. The van der Waals surface area contributed by atoms with Gasteiger partial charge in [0.25, 0.3) is 0 Å². The molecular formula is C9H12N4. The van der Waals surface area contributed by atoms with Crippen LogP contribution in [-0.2, 0) is 0 Å². The van der Waals surface area contributed by atoms with Crippen LogP contribution >= 0.6 is 0 Å². The van der Waals surface area contributed by atoms with Crippen molar-refractivity contribution in [3.8, 4) is 0 Å². The maximum Gasteiger partial charge on any atom is 0.155 e. The Morgan fingerprint density at radius 1 is 1.54 bits per heavy atom. The molecular weight excluding hydrogens is 164 g/mol. The van der Waals surface area contributed by atoms with Crippen LogP contribution in [0.3, 0.4) is 0 Å². The summed E-state index contributed by atoms with van der Waals surface area (Å²) >= 11 is 0. The minimum Gasteiger partial charge on any atom is -0.324 e. The van der Waals surface area contributed by atoms with Crippen molar-refractivity contribution in [3.63, 3.8) is 0 Å². The SMILES string of the molecule is Cc1nc2cc(C(C)N)ccn2n1. The highest BCUT2D eigenvalue weighted by molar-refractivity contribution is 5.41. The number of aromatic nitrogens is 3. The van der Waals surface area contributed by atoms with Crippen molar-refractivity contribution in [3.05, 3.63) is 29.7 Å². The number of nitrogens with zero attached hydrogens (tertiary/aromatic N) is 3. The van der Waals surface area contributed by atoms with Gasteiger partial charge in [-0.25, -0.2) is 9.50 Å². The molecule has 2 heterocycles. The molecule has 1 unspecified atom stereocenters. The second-order valence-corrected chi connectivity index (χ2v) is 3.21. The Labute approximate surface area is 76.4 Å². The predicted molar refractivity (Wildman–Crippen MR) is 50.3 cm³/mol. The Bertz CT molecular complexity index is 430. The summed E-state index contributed by atoms with van der Waals surface area (Å²) in [4.78, 5) is 4.25. The number of rotatable bonds is 1. The van der Waals surface area contributed by atoms with Gasteiger partial charge in [0.1, 0.15) is 5.82 Å². The van der Waals surface area contributed by atoms with E-state index in [0.29, 0.717) is 0 Å². The summed E-state index contributed by atoms with van der Waals surface area (Å²) in [6.07, 6.45) is 1.88. The Balaban J connectivity index is 2.61. The fraction of sp³-hybridized carbons (Fsp3) is 0.333. The van der Waals surface area contributed by atoms with Crippen molar-refractivity contribution >= 4 is 5.65 Å². The highest BCUT2D eigenvalue weighted by atomic mass is 15.3. The first-order chi connectivity index (χ1) is 6.16. The highest BCUT2D eigenvalue weighted by Crippen LogP contribution is 2.11. The lowest BCUT2D eigenvalue weighted by atomic mass is 10.1. The van der Waals surface area contributed by atoms with Gasteiger partial charge in [0.05, 0.1) is 0 Å². The van der Waals surface area contributed by atoms with Gasteiger partial charge >= 0.3 is 0 Å². The molecule has 0 fully saturated rings. The zero-order chi connectivity index (χ0) is 9.42. The van der Waals surface area contributed by atoms with Crippen LogP contribution in [0.25, 0.3) is 5.65 Å². The summed E-state index contributed by atoms with van der Waals surface area (Å²) in [5.41, 5.74) is 7.69. The van der Waals surface area contributed by atoms with Crippen LogP contribution in [0.15, 0.2) is 18.3 Å². The zero-order valence-electron chi connectivity index (χ0n) is 7.73. The van der Waals surface area contributed by atoms with E-state index in [2.05, 4.69) is 10.1 Å². The quantitative estimate of drug-likeness (QED) is 0.706. The van der Waals surface area contributed by atoms with E-state index in [1.165, 1.54) is 0 Å². The van der Waals surface area contributed by atoms with Crippen LogP contribution in [0.1, 0.15) is 24.4 Å². The topological polar surface area (TPSA) is 56.2 Å². The number of hydrogen-bond acceptors (Lipinski definition) is 3. The molecule has 0 saturated heterocycles. The summed E-state index contributed by atoms with van der Waals surface area (Å²) in [6, 6.07) is 3.97. The summed E-state index contributed by atoms with van der Waals surface area (Å²) in [6.45, 7) is 3.83. The summed E-state index contributed by atoms with van der Waals surface area (Å²) in [5, 5.41) is 4.18. The first-order valence-corrected chi connectivity index (χ1v) is 4.25. The first-order valence-electron chi connectivity index (χ1n) is 4.25. The summed E-state index contributed by atoms with van der Waals surface area (Å²) in [7, 11) is 0. The third kappa shape index (κ3) is 1.40. The van der Waals surface area contributed by atoms with E-state index in [9.17, 15) is 0 Å². The fourth-order valence-corrected chi connectivity index (χ4v) is 1.29. The molecule has 0 aliphatic heterocycles. The maximum atomic E-state index is 5.75. The molecule has 0 aromatic carbocycles. The van der Waals surface area contributed by atoms with E-state index in [-0.39, 0.29) is 6.04 Å². The van der Waals surface area contributed by atoms with Crippen LogP contribution in [0.4, 0.5) is 0 Å². The van der Waals surface area contributed by atoms with E-state index in [1.807, 2.05) is 32.2 Å². The summed E-state index contributed by atoms with van der Waals surface area (Å²) in [5.74, 6) is 0.779. The lowest BCUT2D eigenvalue weighted by Gasteiger charge is -2.03. The van der Waals surface area contributed by atoms with Gasteiger partial charge in [0.15, 0.2) is 5.65 Å². The van der Waals surface area contributed by atoms with Crippen LogP contribution in [0.5, 0.6) is 0 Å². The van der Waals surface area contributed by atoms with Gasteiger partial charge in [-0.2, -0.15) is 5.10 Å². The van der Waals surface area contributed by atoms with Gasteiger partial charge in [-0.1, -0.05) is 0 Å². The fourth-order valence-electron chi connectivity index (χ4n) is 1.29. The van der Waals surface area contributed by atoms with E-state index >= 15 is 0 Å². The molecule has 4 nitrogen and oxygen atoms in total. The molecule has 1 atom stereocenters. The van der Waals surface area contributed by atoms with Crippen LogP contribution in [0.2, 0.25) is 0 Å². The van der Waals surface area contributed by atoms with Gasteiger partial charge in [-0.3, -0.25) is 0 Å². The van der Waals surface area contributed by atoms with Crippen LogP contribution in [-0.4, -0.2) is 14.6 Å². The van der Waals surface area contributed by atoms with Crippen LogP contribution < -0.4 is 5.73 Å². The second kappa shape index (κ2) is 2.81. The number of hydrogen-bond donors (Lipinski definition) is 1. The predicted octanol–water partition coefficient (Wildman–Crippen LogP) is 1.06. The number of pyridine rings is 1. The van der Waals surface area contributed by atoms with E-state index in [1.54, 1.807) is 4.52 Å². The van der Waals surface area contributed by atoms with Gasteiger partial charge in [-0.05, 0) is 31.5 Å².